The van der Waals surface area contributed by atoms with Crippen molar-refractivity contribution in [3.05, 3.63) is 59.1 Å². The van der Waals surface area contributed by atoms with Crippen LogP contribution in [-0.4, -0.2) is 30.7 Å². The minimum absolute atomic E-state index is 0.0206. The van der Waals surface area contributed by atoms with Gasteiger partial charge in [0.25, 0.3) is 16.0 Å². The first-order chi connectivity index (χ1) is 14.8. The quantitative estimate of drug-likeness (QED) is 0.299. The number of halogens is 1. The molecule has 3 N–H and O–H groups in total. The molecule has 0 saturated heterocycles. The largest absolute Gasteiger partial charge is 0.495 e. The Balaban J connectivity index is 1.63. The van der Waals surface area contributed by atoms with E-state index in [4.69, 9.17) is 16.3 Å². The van der Waals surface area contributed by atoms with E-state index >= 15 is 0 Å². The Bertz CT molecular complexity index is 1390. The summed E-state index contributed by atoms with van der Waals surface area (Å²) in [6, 6.07) is 14.5. The second kappa shape index (κ2) is 8.29. The van der Waals surface area contributed by atoms with E-state index in [-0.39, 0.29) is 21.7 Å². The van der Waals surface area contributed by atoms with E-state index in [0.717, 1.165) is 10.8 Å². The lowest BCUT2D eigenvalue weighted by Crippen LogP contribution is -2.15. The van der Waals surface area contributed by atoms with E-state index in [1.807, 2.05) is 36.4 Å². The molecule has 0 saturated carbocycles. The van der Waals surface area contributed by atoms with Gasteiger partial charge in [-0.2, -0.15) is 4.98 Å². The SMILES string of the molecule is COc1ccc2ccccc2c1Nc1nc(NS(=O)(=O)c2cc(C)c(Cl)cc2S)n[nH]1. The summed E-state index contributed by atoms with van der Waals surface area (Å²) in [7, 11) is -2.40. The number of anilines is 3. The molecule has 0 aliphatic rings. The standard InChI is InChI=1S/C20H18ClN5O3S2/c1-11-9-17(16(30)10-14(11)21)31(27,28)26-20-23-19(24-25-20)22-18-13-6-4-3-5-12(13)7-8-15(18)29-2/h3-10,30H,1-2H3,(H3,22,23,24,25,26). The van der Waals surface area contributed by atoms with E-state index in [0.29, 0.717) is 22.0 Å². The van der Waals surface area contributed by atoms with Crippen molar-refractivity contribution in [1.29, 1.82) is 0 Å². The summed E-state index contributed by atoms with van der Waals surface area (Å²) in [4.78, 5) is 4.39. The number of H-pyrrole nitrogens is 1. The number of rotatable bonds is 6. The maximum Gasteiger partial charge on any atom is 0.265 e. The number of fused-ring (bicyclic) bond motifs is 1. The number of aromatic nitrogens is 3. The van der Waals surface area contributed by atoms with Crippen LogP contribution in [0.25, 0.3) is 10.8 Å². The molecule has 8 nitrogen and oxygen atoms in total. The second-order valence-electron chi connectivity index (χ2n) is 6.67. The van der Waals surface area contributed by atoms with Gasteiger partial charge in [-0.25, -0.2) is 18.2 Å². The lowest BCUT2D eigenvalue weighted by molar-refractivity contribution is 0.417. The van der Waals surface area contributed by atoms with Gasteiger partial charge < -0.3 is 10.1 Å². The fourth-order valence-corrected chi connectivity index (χ4v) is 4.97. The van der Waals surface area contributed by atoms with Crippen LogP contribution in [0.4, 0.5) is 17.6 Å². The molecule has 0 radical (unpaired) electrons. The van der Waals surface area contributed by atoms with Crippen molar-refractivity contribution in [2.75, 3.05) is 17.1 Å². The van der Waals surface area contributed by atoms with Crippen LogP contribution in [0.2, 0.25) is 5.02 Å². The van der Waals surface area contributed by atoms with Crippen molar-refractivity contribution in [3.8, 4) is 5.75 Å². The van der Waals surface area contributed by atoms with Crippen LogP contribution in [0, 0.1) is 6.92 Å². The molecule has 0 spiro atoms. The van der Waals surface area contributed by atoms with Crippen LogP contribution in [0.5, 0.6) is 5.75 Å². The Morgan fingerprint density at radius 1 is 1.16 bits per heavy atom. The molecule has 3 aromatic carbocycles. The van der Waals surface area contributed by atoms with Gasteiger partial charge in [0.15, 0.2) is 0 Å². The molecule has 31 heavy (non-hydrogen) atoms. The molecule has 4 aromatic rings. The van der Waals surface area contributed by atoms with Crippen LogP contribution in [0.1, 0.15) is 5.56 Å². The molecule has 0 atom stereocenters. The first-order valence-corrected chi connectivity index (χ1v) is 11.4. The molecule has 0 aliphatic heterocycles. The summed E-state index contributed by atoms with van der Waals surface area (Å²) >= 11 is 10.3. The fraction of sp³-hybridized carbons (Fsp3) is 0.100. The van der Waals surface area contributed by atoms with Crippen molar-refractivity contribution in [1.82, 2.24) is 15.2 Å². The van der Waals surface area contributed by atoms with Crippen LogP contribution in [0.15, 0.2) is 58.3 Å². The first kappa shape index (κ1) is 21.3. The Kier molecular flexibility index (Phi) is 5.69. The zero-order chi connectivity index (χ0) is 22.2. The van der Waals surface area contributed by atoms with E-state index in [2.05, 4.69) is 37.8 Å². The van der Waals surface area contributed by atoms with E-state index in [9.17, 15) is 8.42 Å². The lowest BCUT2D eigenvalue weighted by atomic mass is 10.1. The van der Waals surface area contributed by atoms with Crippen LogP contribution in [0.3, 0.4) is 0 Å². The van der Waals surface area contributed by atoms with Gasteiger partial charge in [0.05, 0.1) is 12.8 Å². The number of benzene rings is 3. The molecular weight excluding hydrogens is 458 g/mol. The second-order valence-corrected chi connectivity index (χ2v) is 9.21. The van der Waals surface area contributed by atoms with Gasteiger partial charge in [-0.1, -0.05) is 41.9 Å². The Hall–Kier alpha value is -2.95. The Morgan fingerprint density at radius 2 is 1.94 bits per heavy atom. The average molecular weight is 476 g/mol. The van der Waals surface area contributed by atoms with Crippen LogP contribution >= 0.6 is 24.2 Å². The number of aryl methyl sites for hydroxylation is 1. The zero-order valence-electron chi connectivity index (χ0n) is 16.5. The number of thiol groups is 1. The van der Waals surface area contributed by atoms with E-state index < -0.39 is 10.0 Å². The third kappa shape index (κ3) is 4.27. The van der Waals surface area contributed by atoms with Gasteiger partial charge in [-0.05, 0) is 36.1 Å². The monoisotopic (exact) mass is 475 g/mol. The Morgan fingerprint density at radius 3 is 2.71 bits per heavy atom. The summed E-state index contributed by atoms with van der Waals surface area (Å²) in [5, 5.41) is 12.1. The summed E-state index contributed by atoms with van der Waals surface area (Å²) < 4.78 is 33.4. The lowest BCUT2D eigenvalue weighted by Gasteiger charge is -2.12. The minimum atomic E-state index is -3.97. The number of aromatic amines is 1. The molecule has 0 aliphatic carbocycles. The Labute approximate surface area is 189 Å². The van der Waals surface area contributed by atoms with Gasteiger partial charge >= 0.3 is 0 Å². The third-order valence-electron chi connectivity index (χ3n) is 4.59. The smallest absolute Gasteiger partial charge is 0.265 e. The summed E-state index contributed by atoms with van der Waals surface area (Å²) in [5.41, 5.74) is 1.29. The molecule has 0 fully saturated rings. The average Bonchev–Trinajstić information content (AvgIpc) is 3.17. The molecule has 0 bridgehead atoms. The highest BCUT2D eigenvalue weighted by Gasteiger charge is 2.21. The predicted molar refractivity (Wildman–Crippen MR) is 124 cm³/mol. The molecule has 0 amide bonds. The number of hydrogen-bond acceptors (Lipinski definition) is 7. The molecule has 11 heteroatoms. The number of nitrogens with one attached hydrogen (secondary N) is 3. The van der Waals surface area contributed by atoms with Gasteiger partial charge in [0.1, 0.15) is 10.6 Å². The molecule has 160 valence electrons. The predicted octanol–water partition coefficient (Wildman–Crippen LogP) is 4.76. The number of hydrogen-bond donors (Lipinski definition) is 4. The maximum absolute atomic E-state index is 12.8. The summed E-state index contributed by atoms with van der Waals surface area (Å²) in [6.07, 6.45) is 0. The van der Waals surface area contributed by atoms with Gasteiger partial charge in [0.2, 0.25) is 5.95 Å². The summed E-state index contributed by atoms with van der Waals surface area (Å²) in [6.45, 7) is 1.71. The fourth-order valence-electron chi connectivity index (χ4n) is 3.07. The third-order valence-corrected chi connectivity index (χ3v) is 6.89. The topological polar surface area (TPSA) is 109 Å². The highest BCUT2D eigenvalue weighted by molar-refractivity contribution is 7.93. The number of sulfonamides is 1. The van der Waals surface area contributed by atoms with Crippen LogP contribution < -0.4 is 14.8 Å². The van der Waals surface area contributed by atoms with Gasteiger partial charge in [-0.15, -0.1) is 17.7 Å². The molecule has 4 rings (SSSR count). The zero-order valence-corrected chi connectivity index (χ0v) is 18.9. The molecule has 1 heterocycles. The number of methoxy groups -OCH3 is 1. The van der Waals surface area contributed by atoms with E-state index in [1.165, 1.54) is 12.1 Å². The molecule has 0 unspecified atom stereocenters. The summed E-state index contributed by atoms with van der Waals surface area (Å²) in [5.74, 6) is 0.723. The van der Waals surface area contributed by atoms with Crippen molar-refractivity contribution >= 4 is 62.6 Å². The van der Waals surface area contributed by atoms with Crippen molar-refractivity contribution in [2.24, 2.45) is 0 Å². The number of ether oxygens (including phenoxy) is 1. The minimum Gasteiger partial charge on any atom is -0.495 e. The highest BCUT2D eigenvalue weighted by atomic mass is 35.5. The van der Waals surface area contributed by atoms with Gasteiger partial charge in [0, 0.05) is 15.3 Å². The molecule has 1 aromatic heterocycles. The highest BCUT2D eigenvalue weighted by Crippen LogP contribution is 2.35. The maximum atomic E-state index is 12.8. The first-order valence-electron chi connectivity index (χ1n) is 9.05. The van der Waals surface area contributed by atoms with Crippen LogP contribution in [-0.2, 0) is 10.0 Å². The van der Waals surface area contributed by atoms with Gasteiger partial charge in [-0.3, -0.25) is 0 Å². The number of nitrogens with zero attached hydrogens (tertiary/aromatic N) is 2. The van der Waals surface area contributed by atoms with Crippen molar-refractivity contribution < 1.29 is 13.2 Å². The molecular formula is C20H18ClN5O3S2. The van der Waals surface area contributed by atoms with Crippen molar-refractivity contribution in [3.63, 3.8) is 0 Å². The van der Waals surface area contributed by atoms with Crippen molar-refractivity contribution in [2.45, 2.75) is 16.7 Å². The normalized spacial score (nSPS) is 11.5. The van der Waals surface area contributed by atoms with E-state index in [1.54, 1.807) is 14.0 Å².